The van der Waals surface area contributed by atoms with Gasteiger partial charge in [-0.05, 0) is 66.9 Å². The van der Waals surface area contributed by atoms with Crippen molar-refractivity contribution in [3.63, 3.8) is 0 Å². The van der Waals surface area contributed by atoms with E-state index in [2.05, 4.69) is 17.1 Å². The molecule has 28 heavy (non-hydrogen) atoms. The number of ether oxygens (including phenoxy) is 2. The maximum atomic E-state index is 5.96. The number of fused-ring (bicyclic) bond motifs is 1. The van der Waals surface area contributed by atoms with Crippen LogP contribution in [-0.2, 0) is 11.2 Å². The Labute approximate surface area is 168 Å². The molecule has 0 aliphatic heterocycles. The lowest BCUT2D eigenvalue weighted by atomic mass is 10.1. The van der Waals surface area contributed by atoms with Crippen LogP contribution in [0.25, 0.3) is 22.6 Å². The van der Waals surface area contributed by atoms with Crippen LogP contribution in [0.3, 0.4) is 0 Å². The molecular weight excluding hydrogens is 374 g/mol. The minimum Gasteiger partial charge on any atom is -0.457 e. The van der Waals surface area contributed by atoms with Gasteiger partial charge in [-0.25, -0.2) is 4.98 Å². The van der Waals surface area contributed by atoms with Gasteiger partial charge in [0.2, 0.25) is 5.89 Å². The maximum Gasteiger partial charge on any atom is 0.227 e. The van der Waals surface area contributed by atoms with Crippen LogP contribution in [0, 0.1) is 0 Å². The average molecular weight is 394 g/mol. The van der Waals surface area contributed by atoms with Gasteiger partial charge in [-0.15, -0.1) is 0 Å². The zero-order valence-corrected chi connectivity index (χ0v) is 16.3. The Morgan fingerprint density at radius 3 is 2.43 bits per heavy atom. The molecule has 4 nitrogen and oxygen atoms in total. The second-order valence-electron chi connectivity index (χ2n) is 6.50. The lowest BCUT2D eigenvalue weighted by Gasteiger charge is -2.04. The van der Waals surface area contributed by atoms with Gasteiger partial charge in [0.15, 0.2) is 5.58 Å². The highest BCUT2D eigenvalue weighted by atomic mass is 35.5. The van der Waals surface area contributed by atoms with Gasteiger partial charge in [-0.3, -0.25) is 0 Å². The first-order chi connectivity index (χ1) is 13.7. The van der Waals surface area contributed by atoms with Gasteiger partial charge in [0.05, 0.1) is 0 Å². The van der Waals surface area contributed by atoms with E-state index >= 15 is 0 Å². The summed E-state index contributed by atoms with van der Waals surface area (Å²) in [6, 6.07) is 21.1. The molecular formula is C23H20ClNO3. The molecule has 0 N–H and O–H groups in total. The molecule has 142 valence electrons. The monoisotopic (exact) mass is 393 g/mol. The van der Waals surface area contributed by atoms with Crippen molar-refractivity contribution in [3.8, 4) is 23.0 Å². The molecule has 4 aromatic rings. The lowest BCUT2D eigenvalue weighted by molar-refractivity contribution is 0.195. The number of rotatable bonds is 7. The lowest BCUT2D eigenvalue weighted by Crippen LogP contribution is -1.92. The average Bonchev–Trinajstić information content (AvgIpc) is 3.14. The molecule has 0 atom stereocenters. The van der Waals surface area contributed by atoms with Crippen LogP contribution in [0.5, 0.6) is 11.5 Å². The molecule has 0 radical (unpaired) electrons. The Bertz CT molecular complexity index is 1060. The van der Waals surface area contributed by atoms with Crippen molar-refractivity contribution in [2.45, 2.75) is 12.8 Å². The fraction of sp³-hybridized carbons (Fsp3) is 0.174. The quantitative estimate of drug-likeness (QED) is 0.335. The van der Waals surface area contributed by atoms with Crippen molar-refractivity contribution >= 4 is 22.7 Å². The van der Waals surface area contributed by atoms with Gasteiger partial charge in [-0.2, -0.15) is 0 Å². The van der Waals surface area contributed by atoms with Gasteiger partial charge in [-0.1, -0.05) is 23.7 Å². The second kappa shape index (κ2) is 8.46. The number of hydrogen-bond donors (Lipinski definition) is 0. The fourth-order valence-electron chi connectivity index (χ4n) is 2.97. The first-order valence-corrected chi connectivity index (χ1v) is 9.51. The van der Waals surface area contributed by atoms with E-state index in [0.29, 0.717) is 28.0 Å². The van der Waals surface area contributed by atoms with Crippen LogP contribution in [0.1, 0.15) is 12.0 Å². The summed E-state index contributed by atoms with van der Waals surface area (Å²) in [6.45, 7) is 0.771. The van der Waals surface area contributed by atoms with Crippen molar-refractivity contribution in [2.24, 2.45) is 0 Å². The third kappa shape index (κ3) is 4.35. The summed E-state index contributed by atoms with van der Waals surface area (Å²) in [7, 11) is 1.72. The highest BCUT2D eigenvalue weighted by Gasteiger charge is 2.10. The molecule has 3 aromatic carbocycles. The van der Waals surface area contributed by atoms with Crippen LogP contribution >= 0.6 is 11.6 Å². The van der Waals surface area contributed by atoms with E-state index in [4.69, 9.17) is 25.5 Å². The van der Waals surface area contributed by atoms with Crippen molar-refractivity contribution < 1.29 is 13.9 Å². The maximum absolute atomic E-state index is 5.96. The molecule has 0 bridgehead atoms. The number of aryl methyl sites for hydroxylation is 1. The topological polar surface area (TPSA) is 44.5 Å². The summed E-state index contributed by atoms with van der Waals surface area (Å²) in [6.07, 6.45) is 2.00. The fourth-order valence-corrected chi connectivity index (χ4v) is 3.09. The number of halogens is 1. The molecule has 0 spiro atoms. The summed E-state index contributed by atoms with van der Waals surface area (Å²) in [5.74, 6) is 2.00. The van der Waals surface area contributed by atoms with E-state index < -0.39 is 0 Å². The Morgan fingerprint density at radius 2 is 1.68 bits per heavy atom. The molecule has 0 saturated carbocycles. The zero-order valence-electron chi connectivity index (χ0n) is 15.5. The van der Waals surface area contributed by atoms with E-state index in [1.54, 1.807) is 19.2 Å². The summed E-state index contributed by atoms with van der Waals surface area (Å²) < 4.78 is 16.9. The van der Waals surface area contributed by atoms with Gasteiger partial charge in [0.25, 0.3) is 0 Å². The molecule has 5 heteroatoms. The minimum absolute atomic E-state index is 0.599. The largest absolute Gasteiger partial charge is 0.457 e. The summed E-state index contributed by atoms with van der Waals surface area (Å²) >= 11 is 5.91. The highest BCUT2D eigenvalue weighted by Crippen LogP contribution is 2.30. The van der Waals surface area contributed by atoms with E-state index in [9.17, 15) is 0 Å². The van der Waals surface area contributed by atoms with Crippen LogP contribution in [0.15, 0.2) is 71.1 Å². The number of nitrogens with zero attached hydrogens (tertiary/aromatic N) is 1. The van der Waals surface area contributed by atoms with E-state index in [-0.39, 0.29) is 0 Å². The van der Waals surface area contributed by atoms with E-state index in [1.165, 1.54) is 5.56 Å². The third-order valence-electron chi connectivity index (χ3n) is 4.42. The molecule has 0 unspecified atom stereocenters. The van der Waals surface area contributed by atoms with Crippen molar-refractivity contribution in [3.05, 3.63) is 77.3 Å². The smallest absolute Gasteiger partial charge is 0.227 e. The van der Waals surface area contributed by atoms with Crippen LogP contribution in [0.4, 0.5) is 0 Å². The first kappa shape index (κ1) is 18.5. The van der Waals surface area contributed by atoms with Crippen LogP contribution < -0.4 is 4.74 Å². The number of benzene rings is 3. The van der Waals surface area contributed by atoms with Gasteiger partial charge in [0.1, 0.15) is 17.0 Å². The summed E-state index contributed by atoms with van der Waals surface area (Å²) in [5, 5.41) is 0.674. The van der Waals surface area contributed by atoms with Crippen molar-refractivity contribution in [2.75, 3.05) is 13.7 Å². The van der Waals surface area contributed by atoms with Gasteiger partial charge in [0, 0.05) is 30.4 Å². The molecule has 0 fully saturated rings. The van der Waals surface area contributed by atoms with Crippen LogP contribution in [-0.4, -0.2) is 18.7 Å². The number of aromatic nitrogens is 1. The predicted octanol–water partition coefficient (Wildman–Crippen LogP) is 6.52. The molecule has 4 rings (SSSR count). The van der Waals surface area contributed by atoms with Gasteiger partial charge < -0.3 is 13.9 Å². The van der Waals surface area contributed by atoms with E-state index in [0.717, 1.165) is 30.5 Å². The normalized spacial score (nSPS) is 11.1. The first-order valence-electron chi connectivity index (χ1n) is 9.13. The summed E-state index contributed by atoms with van der Waals surface area (Å²) in [5.41, 5.74) is 3.70. The predicted molar refractivity (Wildman–Crippen MR) is 111 cm³/mol. The SMILES string of the molecule is COCCCc1ccc(-c2nc3ccc(Oc4ccc(Cl)cc4)cc3o2)cc1. The Kier molecular flexibility index (Phi) is 5.60. The zero-order chi connectivity index (χ0) is 19.3. The van der Waals surface area contributed by atoms with Crippen LogP contribution in [0.2, 0.25) is 5.02 Å². The molecule has 0 aliphatic rings. The molecule has 1 heterocycles. The number of oxazole rings is 1. The Morgan fingerprint density at radius 1 is 0.929 bits per heavy atom. The molecule has 0 amide bonds. The Balaban J connectivity index is 1.52. The van der Waals surface area contributed by atoms with Crippen molar-refractivity contribution in [1.82, 2.24) is 4.98 Å². The van der Waals surface area contributed by atoms with Crippen molar-refractivity contribution in [1.29, 1.82) is 0 Å². The standard InChI is InChI=1S/C23H20ClNO3/c1-26-14-2-3-16-4-6-17(7-5-16)23-25-21-13-12-20(15-22(21)28-23)27-19-10-8-18(24)9-11-19/h4-13,15H,2-3,14H2,1H3. The molecule has 0 aliphatic carbocycles. The van der Waals surface area contributed by atoms with E-state index in [1.807, 2.05) is 42.5 Å². The molecule has 0 saturated heterocycles. The highest BCUT2D eigenvalue weighted by molar-refractivity contribution is 6.30. The Hall–Kier alpha value is -2.82. The second-order valence-corrected chi connectivity index (χ2v) is 6.93. The summed E-state index contributed by atoms with van der Waals surface area (Å²) in [4.78, 5) is 4.59. The van der Waals surface area contributed by atoms with Gasteiger partial charge >= 0.3 is 0 Å². The third-order valence-corrected chi connectivity index (χ3v) is 4.68. The number of hydrogen-bond acceptors (Lipinski definition) is 4. The molecule has 1 aromatic heterocycles. The number of methoxy groups -OCH3 is 1. The minimum atomic E-state index is 0.599.